The minimum Gasteiger partial charge on any atom is -0.452 e. The maximum atomic E-state index is 12.0. The number of esters is 1. The van der Waals surface area contributed by atoms with Crippen molar-refractivity contribution in [2.75, 3.05) is 6.61 Å². The largest absolute Gasteiger partial charge is 0.452 e. The predicted octanol–water partition coefficient (Wildman–Crippen LogP) is 3.92. The number of hydrogen-bond acceptors (Lipinski definition) is 4. The van der Waals surface area contributed by atoms with Gasteiger partial charge in [-0.25, -0.2) is 9.78 Å². The van der Waals surface area contributed by atoms with Crippen LogP contribution in [0.2, 0.25) is 5.15 Å². The number of amides is 1. The lowest BCUT2D eigenvalue weighted by Crippen LogP contribution is -2.32. The first-order valence-corrected chi connectivity index (χ1v) is 8.50. The van der Waals surface area contributed by atoms with Gasteiger partial charge in [0.05, 0.1) is 11.6 Å². The van der Waals surface area contributed by atoms with Gasteiger partial charge in [-0.05, 0) is 36.2 Å². The van der Waals surface area contributed by atoms with Gasteiger partial charge in [0.1, 0.15) is 5.15 Å². The van der Waals surface area contributed by atoms with Crippen LogP contribution in [0.3, 0.4) is 0 Å². The Morgan fingerprint density at radius 3 is 2.54 bits per heavy atom. The third-order valence-corrected chi connectivity index (χ3v) is 4.07. The molecule has 0 spiro atoms. The van der Waals surface area contributed by atoms with Crippen LogP contribution in [0.25, 0.3) is 0 Å². The zero-order valence-electron chi connectivity index (χ0n) is 13.0. The van der Waals surface area contributed by atoms with Gasteiger partial charge in [0.25, 0.3) is 5.91 Å². The Bertz CT molecular complexity index is 705. The molecule has 1 aromatic heterocycles. The second-order valence-corrected chi connectivity index (χ2v) is 6.33. The van der Waals surface area contributed by atoms with Crippen LogP contribution in [0.15, 0.2) is 47.1 Å². The van der Waals surface area contributed by atoms with Gasteiger partial charge >= 0.3 is 5.97 Å². The molecule has 0 unspecified atom stereocenters. The average Bonchev–Trinajstić information content (AvgIpc) is 2.59. The summed E-state index contributed by atoms with van der Waals surface area (Å²) in [5, 5.41) is 3.13. The van der Waals surface area contributed by atoms with Crippen LogP contribution in [0.5, 0.6) is 0 Å². The molecule has 1 heterocycles. The van der Waals surface area contributed by atoms with Crippen LogP contribution in [-0.4, -0.2) is 23.5 Å². The molecule has 126 valence electrons. The monoisotopic (exact) mass is 410 g/mol. The summed E-state index contributed by atoms with van der Waals surface area (Å²) in [5.74, 6) is -0.981. The normalized spacial score (nSPS) is 11.6. The number of halogens is 2. The molecule has 0 aliphatic carbocycles. The topological polar surface area (TPSA) is 68.3 Å². The molecule has 0 bridgehead atoms. The lowest BCUT2D eigenvalue weighted by Gasteiger charge is -2.17. The lowest BCUT2D eigenvalue weighted by molar-refractivity contribution is -0.125. The molecule has 0 saturated carbocycles. The summed E-state index contributed by atoms with van der Waals surface area (Å²) < 4.78 is 5.96. The SMILES string of the molecule is CC[C@H](NC(=O)COC(=O)c1ccc(Cl)nc1)c1ccc(Br)cc1. The number of aromatic nitrogens is 1. The Kier molecular flexibility index (Phi) is 6.75. The van der Waals surface area contributed by atoms with Gasteiger partial charge in [-0.3, -0.25) is 4.79 Å². The summed E-state index contributed by atoms with van der Waals surface area (Å²) in [6.07, 6.45) is 2.03. The molecule has 0 saturated heterocycles. The molecule has 0 fully saturated rings. The van der Waals surface area contributed by atoms with Gasteiger partial charge in [-0.2, -0.15) is 0 Å². The molecule has 1 N–H and O–H groups in total. The molecule has 2 aromatic rings. The number of rotatable bonds is 6. The Balaban J connectivity index is 1.88. The third-order valence-electron chi connectivity index (χ3n) is 3.31. The van der Waals surface area contributed by atoms with Crippen molar-refractivity contribution in [3.05, 3.63) is 63.3 Å². The molecule has 2 rings (SSSR count). The van der Waals surface area contributed by atoms with E-state index in [1.54, 1.807) is 0 Å². The smallest absolute Gasteiger partial charge is 0.340 e. The van der Waals surface area contributed by atoms with Crippen molar-refractivity contribution < 1.29 is 14.3 Å². The van der Waals surface area contributed by atoms with Gasteiger partial charge in [0, 0.05) is 10.7 Å². The molecule has 5 nitrogen and oxygen atoms in total. The number of hydrogen-bond donors (Lipinski definition) is 1. The van der Waals surface area contributed by atoms with Crippen molar-refractivity contribution in [2.24, 2.45) is 0 Å². The van der Waals surface area contributed by atoms with Crippen LogP contribution in [0.1, 0.15) is 35.3 Å². The number of nitrogens with one attached hydrogen (secondary N) is 1. The van der Waals surface area contributed by atoms with E-state index in [1.807, 2.05) is 31.2 Å². The second-order valence-electron chi connectivity index (χ2n) is 5.03. The first kappa shape index (κ1) is 18.4. The summed E-state index contributed by atoms with van der Waals surface area (Å²) in [6, 6.07) is 10.5. The minimum absolute atomic E-state index is 0.137. The number of carbonyl (C=O) groups excluding carboxylic acids is 2. The second kappa shape index (κ2) is 8.80. The number of pyridine rings is 1. The van der Waals surface area contributed by atoms with E-state index in [0.29, 0.717) is 0 Å². The number of carbonyl (C=O) groups is 2. The molecule has 24 heavy (non-hydrogen) atoms. The number of benzene rings is 1. The fourth-order valence-corrected chi connectivity index (χ4v) is 2.44. The molecular formula is C17H16BrClN2O3. The van der Waals surface area contributed by atoms with E-state index in [2.05, 4.69) is 26.2 Å². The van der Waals surface area contributed by atoms with Crippen molar-refractivity contribution in [3.63, 3.8) is 0 Å². The maximum Gasteiger partial charge on any atom is 0.340 e. The van der Waals surface area contributed by atoms with E-state index in [-0.39, 0.29) is 29.3 Å². The Morgan fingerprint density at radius 1 is 1.25 bits per heavy atom. The highest BCUT2D eigenvalue weighted by Crippen LogP contribution is 2.19. The minimum atomic E-state index is -0.619. The molecule has 1 amide bonds. The van der Waals surface area contributed by atoms with E-state index in [1.165, 1.54) is 18.3 Å². The zero-order chi connectivity index (χ0) is 17.5. The van der Waals surface area contributed by atoms with Crippen molar-refractivity contribution in [1.82, 2.24) is 10.3 Å². The van der Waals surface area contributed by atoms with Gasteiger partial charge in [-0.15, -0.1) is 0 Å². The number of ether oxygens (including phenoxy) is 1. The van der Waals surface area contributed by atoms with E-state index in [0.717, 1.165) is 16.5 Å². The van der Waals surface area contributed by atoms with Crippen molar-refractivity contribution in [1.29, 1.82) is 0 Å². The summed E-state index contributed by atoms with van der Waals surface area (Å²) in [4.78, 5) is 27.6. The lowest BCUT2D eigenvalue weighted by atomic mass is 10.0. The fourth-order valence-electron chi connectivity index (χ4n) is 2.06. The number of nitrogens with zero attached hydrogens (tertiary/aromatic N) is 1. The first-order chi connectivity index (χ1) is 11.5. The Morgan fingerprint density at radius 2 is 1.96 bits per heavy atom. The summed E-state index contributed by atoms with van der Waals surface area (Å²) in [6.45, 7) is 1.62. The Labute approximate surface area is 153 Å². The maximum absolute atomic E-state index is 12.0. The van der Waals surface area contributed by atoms with Crippen LogP contribution in [-0.2, 0) is 9.53 Å². The Hall–Kier alpha value is -1.92. The highest BCUT2D eigenvalue weighted by Gasteiger charge is 2.15. The first-order valence-electron chi connectivity index (χ1n) is 7.33. The van der Waals surface area contributed by atoms with Gasteiger partial charge in [-0.1, -0.05) is 46.6 Å². The average molecular weight is 412 g/mol. The third kappa shape index (κ3) is 5.32. The highest BCUT2D eigenvalue weighted by molar-refractivity contribution is 9.10. The van der Waals surface area contributed by atoms with Crippen molar-refractivity contribution in [2.45, 2.75) is 19.4 Å². The molecule has 1 aromatic carbocycles. The zero-order valence-corrected chi connectivity index (χ0v) is 15.3. The highest BCUT2D eigenvalue weighted by atomic mass is 79.9. The molecule has 0 aliphatic rings. The van der Waals surface area contributed by atoms with E-state index < -0.39 is 5.97 Å². The summed E-state index contributed by atoms with van der Waals surface area (Å²) >= 11 is 9.03. The van der Waals surface area contributed by atoms with Crippen molar-refractivity contribution in [3.8, 4) is 0 Å². The van der Waals surface area contributed by atoms with Crippen molar-refractivity contribution >= 4 is 39.4 Å². The fraction of sp³-hybridized carbons (Fsp3) is 0.235. The van der Waals surface area contributed by atoms with Gasteiger partial charge in [0.2, 0.25) is 0 Å². The van der Waals surface area contributed by atoms with E-state index in [9.17, 15) is 9.59 Å². The van der Waals surface area contributed by atoms with Gasteiger partial charge < -0.3 is 10.1 Å². The van der Waals surface area contributed by atoms with Crippen LogP contribution in [0.4, 0.5) is 0 Å². The summed E-state index contributed by atoms with van der Waals surface area (Å²) in [5.41, 5.74) is 1.23. The van der Waals surface area contributed by atoms with Crippen LogP contribution >= 0.6 is 27.5 Å². The standard InChI is InChI=1S/C17H16BrClN2O3/c1-2-14(11-3-6-13(18)7-4-11)21-16(22)10-24-17(23)12-5-8-15(19)20-9-12/h3-9,14H,2,10H2,1H3,(H,21,22)/t14-/m0/s1. The molecule has 0 aliphatic heterocycles. The summed E-state index contributed by atoms with van der Waals surface area (Å²) in [7, 11) is 0. The van der Waals surface area contributed by atoms with Crippen LogP contribution in [0, 0.1) is 0 Å². The molecular weight excluding hydrogens is 396 g/mol. The van der Waals surface area contributed by atoms with E-state index in [4.69, 9.17) is 16.3 Å². The predicted molar refractivity (Wildman–Crippen MR) is 94.8 cm³/mol. The van der Waals surface area contributed by atoms with E-state index >= 15 is 0 Å². The quantitative estimate of drug-likeness (QED) is 0.578. The molecule has 0 radical (unpaired) electrons. The molecule has 7 heteroatoms. The van der Waals surface area contributed by atoms with Gasteiger partial charge in [0.15, 0.2) is 6.61 Å². The molecule has 1 atom stereocenters. The van der Waals surface area contributed by atoms with Crippen LogP contribution < -0.4 is 5.32 Å².